The molecule has 1 atom stereocenters. The number of nitrogens with one attached hydrogen (secondary N) is 2. The van der Waals surface area contributed by atoms with Crippen molar-refractivity contribution in [1.82, 2.24) is 35.7 Å². The van der Waals surface area contributed by atoms with E-state index in [1.165, 1.54) is 24.3 Å². The molecule has 0 saturated carbocycles. The van der Waals surface area contributed by atoms with Crippen LogP contribution in [0.25, 0.3) is 11.1 Å². The van der Waals surface area contributed by atoms with Gasteiger partial charge in [-0.05, 0) is 72.0 Å². The second kappa shape index (κ2) is 12.2. The van der Waals surface area contributed by atoms with Gasteiger partial charge >= 0.3 is 0 Å². The van der Waals surface area contributed by atoms with Gasteiger partial charge in [0, 0.05) is 55.8 Å². The summed E-state index contributed by atoms with van der Waals surface area (Å²) in [5, 5.41) is 28.0. The van der Waals surface area contributed by atoms with E-state index in [0.29, 0.717) is 44.7 Å². The van der Waals surface area contributed by atoms with Gasteiger partial charge in [-0.3, -0.25) is 14.4 Å². The molecule has 11 nitrogen and oxygen atoms in total. The molecular weight excluding hydrogens is 517 g/mol. The summed E-state index contributed by atoms with van der Waals surface area (Å²) in [5.74, 6) is -1.36. The predicted molar refractivity (Wildman–Crippen MR) is 143 cm³/mol. The fourth-order valence-electron chi connectivity index (χ4n) is 5.24. The van der Waals surface area contributed by atoms with Crippen molar-refractivity contribution in [2.75, 3.05) is 26.2 Å². The number of nitrogens with zero attached hydrogens (tertiary/aromatic N) is 5. The van der Waals surface area contributed by atoms with Gasteiger partial charge in [-0.25, -0.2) is 9.07 Å². The van der Waals surface area contributed by atoms with Gasteiger partial charge < -0.3 is 20.6 Å². The third-order valence-corrected chi connectivity index (χ3v) is 7.41. The van der Waals surface area contributed by atoms with Gasteiger partial charge in [-0.2, -0.15) is 0 Å². The van der Waals surface area contributed by atoms with E-state index in [1.807, 2.05) is 0 Å². The zero-order chi connectivity index (χ0) is 28.1. The van der Waals surface area contributed by atoms with Crippen LogP contribution in [0.3, 0.4) is 0 Å². The Morgan fingerprint density at radius 1 is 0.950 bits per heavy atom. The van der Waals surface area contributed by atoms with E-state index in [-0.39, 0.29) is 53.8 Å². The van der Waals surface area contributed by atoms with Gasteiger partial charge in [-0.1, -0.05) is 12.5 Å². The Bertz CT molecular complexity index is 1410. The summed E-state index contributed by atoms with van der Waals surface area (Å²) in [6, 6.07) is 8.85. The highest BCUT2D eigenvalue weighted by Crippen LogP contribution is 2.33. The lowest BCUT2D eigenvalue weighted by Crippen LogP contribution is -2.42. The van der Waals surface area contributed by atoms with Crippen molar-refractivity contribution in [3.8, 4) is 16.9 Å². The number of carbonyl (C=O) groups excluding carboxylic acids is 3. The minimum absolute atomic E-state index is 0.0973. The van der Waals surface area contributed by atoms with Crippen molar-refractivity contribution < 1.29 is 23.9 Å². The van der Waals surface area contributed by atoms with Crippen LogP contribution in [0.15, 0.2) is 36.4 Å². The van der Waals surface area contributed by atoms with E-state index in [9.17, 15) is 23.9 Å². The number of rotatable bonds is 1. The van der Waals surface area contributed by atoms with Crippen molar-refractivity contribution in [3.63, 3.8) is 0 Å². The van der Waals surface area contributed by atoms with Crippen LogP contribution in [0, 0.1) is 5.82 Å². The molecule has 2 aliphatic rings. The first-order chi connectivity index (χ1) is 19.4. The van der Waals surface area contributed by atoms with E-state index in [0.717, 1.165) is 18.4 Å². The number of aromatic nitrogens is 4. The molecule has 5 rings (SSSR count). The third-order valence-electron chi connectivity index (χ3n) is 7.41. The van der Waals surface area contributed by atoms with Crippen molar-refractivity contribution >= 4 is 17.7 Å². The average molecular weight is 550 g/mol. The number of aromatic hydroxyl groups is 1. The molecule has 0 aliphatic carbocycles. The third kappa shape index (κ3) is 6.11. The summed E-state index contributed by atoms with van der Waals surface area (Å²) in [6.07, 6.45) is 3.50. The number of hydrogen-bond acceptors (Lipinski definition) is 7. The molecule has 12 heteroatoms. The minimum atomic E-state index is -0.575. The second-order valence-electron chi connectivity index (χ2n) is 10.1. The van der Waals surface area contributed by atoms with Gasteiger partial charge in [0.05, 0.1) is 5.92 Å². The fraction of sp³-hybridized carbons (Fsp3) is 0.429. The number of halogens is 1. The van der Waals surface area contributed by atoms with Crippen LogP contribution in [-0.4, -0.2) is 74.1 Å². The number of tetrazole rings is 1. The maximum Gasteiger partial charge on any atom is 0.251 e. The monoisotopic (exact) mass is 549 g/mol. The molecule has 0 radical (unpaired) electrons. The lowest BCUT2D eigenvalue weighted by molar-refractivity contribution is -0.133. The zero-order valence-corrected chi connectivity index (χ0v) is 22.1. The van der Waals surface area contributed by atoms with Gasteiger partial charge in [0.15, 0.2) is 5.82 Å². The van der Waals surface area contributed by atoms with Crippen molar-refractivity contribution in [2.24, 2.45) is 0 Å². The van der Waals surface area contributed by atoms with Crippen LogP contribution in [0.5, 0.6) is 5.75 Å². The molecule has 40 heavy (non-hydrogen) atoms. The van der Waals surface area contributed by atoms with Crippen LogP contribution in [0.1, 0.15) is 59.8 Å². The number of aryl methyl sites for hydroxylation is 1. The Kier molecular flexibility index (Phi) is 8.32. The van der Waals surface area contributed by atoms with Crippen LogP contribution >= 0.6 is 0 Å². The maximum absolute atomic E-state index is 14.8. The average Bonchev–Trinajstić information content (AvgIpc) is 3.31. The summed E-state index contributed by atoms with van der Waals surface area (Å²) < 4.78 is 16.5. The van der Waals surface area contributed by atoms with Gasteiger partial charge in [0.2, 0.25) is 11.8 Å². The maximum atomic E-state index is 14.8. The normalized spacial score (nSPS) is 18.9. The molecule has 4 bridgehead atoms. The highest BCUT2D eigenvalue weighted by molar-refractivity contribution is 5.95. The van der Waals surface area contributed by atoms with E-state index >= 15 is 0 Å². The van der Waals surface area contributed by atoms with Crippen LogP contribution in [-0.2, 0) is 22.6 Å². The van der Waals surface area contributed by atoms with Gasteiger partial charge in [-0.15, -0.1) is 5.10 Å². The first-order valence-corrected chi connectivity index (χ1v) is 13.6. The van der Waals surface area contributed by atoms with Gasteiger partial charge in [0.1, 0.15) is 11.6 Å². The molecule has 3 heterocycles. The molecule has 1 aromatic heterocycles. The molecule has 3 N–H and O–H groups in total. The Hall–Kier alpha value is -4.35. The van der Waals surface area contributed by atoms with Crippen molar-refractivity contribution in [3.05, 3.63) is 59.2 Å². The molecule has 1 unspecified atom stereocenters. The number of carbonyl (C=O) groups is 3. The van der Waals surface area contributed by atoms with Gasteiger partial charge in [0.25, 0.3) is 5.91 Å². The van der Waals surface area contributed by atoms with Crippen molar-refractivity contribution in [2.45, 2.75) is 51.0 Å². The highest BCUT2D eigenvalue weighted by Gasteiger charge is 2.32. The molecule has 0 saturated heterocycles. The first kappa shape index (κ1) is 27.2. The Labute approximate surface area is 230 Å². The fourth-order valence-corrected chi connectivity index (χ4v) is 5.24. The summed E-state index contributed by atoms with van der Waals surface area (Å²) in [7, 11) is 0. The molecule has 0 fully saturated rings. The standard InChI is InChI=1S/C28H32FN7O4/c29-23-8-7-19-17-21(23)22-16-18(6-9-24(22)37)10-11-30-25(38)5-3-13-35(15-12-31-27(19)39)28(40)20-4-1-2-14-36-26(20)32-33-34-36/h6-9,16-17,20,37H,1-5,10-15H2,(H,30,38)(H,31,39). The smallest absolute Gasteiger partial charge is 0.251 e. The topological polar surface area (TPSA) is 142 Å². The number of amides is 3. The SMILES string of the molecule is O=C1CCCN(C(=O)C2CCCCn3nnnc32)CCNC(=O)c2ccc(F)c(c2)-c2cc(ccc2O)CCN1. The molecule has 3 aromatic rings. The Balaban J connectivity index is 1.39. The van der Waals surface area contributed by atoms with Crippen LogP contribution < -0.4 is 10.6 Å². The van der Waals surface area contributed by atoms with E-state index in [4.69, 9.17) is 0 Å². The number of fused-ring (bicyclic) bond motifs is 6. The Morgan fingerprint density at radius 3 is 2.70 bits per heavy atom. The molecule has 2 aromatic carbocycles. The minimum Gasteiger partial charge on any atom is -0.507 e. The number of hydrogen-bond donors (Lipinski definition) is 3. The molecule has 3 amide bonds. The van der Waals surface area contributed by atoms with E-state index in [1.54, 1.807) is 21.7 Å². The first-order valence-electron chi connectivity index (χ1n) is 13.6. The van der Waals surface area contributed by atoms with Crippen LogP contribution in [0.4, 0.5) is 4.39 Å². The number of phenolic OH excluding ortho intramolecular Hbond substituents is 1. The second-order valence-corrected chi connectivity index (χ2v) is 10.1. The van der Waals surface area contributed by atoms with Crippen LogP contribution in [0.2, 0.25) is 0 Å². The molecular formula is C28H32FN7O4. The zero-order valence-electron chi connectivity index (χ0n) is 22.1. The van der Waals surface area contributed by atoms with Crippen molar-refractivity contribution in [1.29, 1.82) is 0 Å². The summed E-state index contributed by atoms with van der Waals surface area (Å²) in [5.41, 5.74) is 1.39. The number of benzene rings is 2. The van der Waals surface area contributed by atoms with E-state index in [2.05, 4.69) is 26.2 Å². The summed E-state index contributed by atoms with van der Waals surface area (Å²) >= 11 is 0. The highest BCUT2D eigenvalue weighted by atomic mass is 19.1. The molecule has 2 aliphatic heterocycles. The number of phenols is 1. The molecule has 0 spiro atoms. The lowest BCUT2D eigenvalue weighted by atomic mass is 9.98. The Morgan fingerprint density at radius 2 is 1.82 bits per heavy atom. The quantitative estimate of drug-likeness (QED) is 0.422. The van der Waals surface area contributed by atoms with E-state index < -0.39 is 17.6 Å². The largest absolute Gasteiger partial charge is 0.507 e. The summed E-state index contributed by atoms with van der Waals surface area (Å²) in [6.45, 7) is 1.73. The predicted octanol–water partition coefficient (Wildman–Crippen LogP) is 2.16. The molecule has 210 valence electrons. The lowest BCUT2D eigenvalue weighted by Gasteiger charge is -2.26. The summed E-state index contributed by atoms with van der Waals surface area (Å²) in [4.78, 5) is 40.9.